The molecule has 0 saturated carbocycles. The van der Waals surface area contributed by atoms with Crippen molar-refractivity contribution in [1.29, 1.82) is 0 Å². The van der Waals surface area contributed by atoms with Gasteiger partial charge in [-0.3, -0.25) is 4.99 Å². The summed E-state index contributed by atoms with van der Waals surface area (Å²) >= 11 is 0. The van der Waals surface area contributed by atoms with Gasteiger partial charge in [0.25, 0.3) is 0 Å². The van der Waals surface area contributed by atoms with E-state index in [0.29, 0.717) is 12.4 Å². The van der Waals surface area contributed by atoms with Crippen LogP contribution in [-0.2, 0) is 11.3 Å². The van der Waals surface area contributed by atoms with Crippen molar-refractivity contribution in [1.82, 2.24) is 10.2 Å². The first-order valence-corrected chi connectivity index (χ1v) is 11.0. The lowest BCUT2D eigenvalue weighted by atomic mass is 10.2. The third-order valence-electron chi connectivity index (χ3n) is 5.21. The maximum atomic E-state index is 10.1. The molecule has 0 unspecified atom stereocenters. The SMILES string of the molecule is CCNC(=NCCCCOCc1ccccc1)N1CCN(c2ccccc2O)CC1. The average Bonchev–Trinajstić information content (AvgIpc) is 2.79. The highest BCUT2D eigenvalue weighted by Crippen LogP contribution is 2.27. The molecule has 6 nitrogen and oxygen atoms in total. The summed E-state index contributed by atoms with van der Waals surface area (Å²) in [6, 6.07) is 17.8. The number of unbranched alkanes of at least 4 members (excludes halogenated alkanes) is 1. The largest absolute Gasteiger partial charge is 0.506 e. The summed E-state index contributed by atoms with van der Waals surface area (Å²) in [6.45, 7) is 8.72. The lowest BCUT2D eigenvalue weighted by molar-refractivity contribution is 0.117. The van der Waals surface area contributed by atoms with Gasteiger partial charge in [-0.1, -0.05) is 42.5 Å². The summed E-state index contributed by atoms with van der Waals surface area (Å²) in [7, 11) is 0. The number of anilines is 1. The minimum atomic E-state index is 0.348. The summed E-state index contributed by atoms with van der Waals surface area (Å²) in [5.74, 6) is 1.33. The zero-order chi connectivity index (χ0) is 21.0. The van der Waals surface area contributed by atoms with Crippen molar-refractivity contribution in [3.8, 4) is 5.75 Å². The van der Waals surface area contributed by atoms with Gasteiger partial charge < -0.3 is 25.0 Å². The van der Waals surface area contributed by atoms with Gasteiger partial charge in [0.05, 0.1) is 12.3 Å². The van der Waals surface area contributed by atoms with Gasteiger partial charge in [0.2, 0.25) is 0 Å². The summed E-state index contributed by atoms with van der Waals surface area (Å²) < 4.78 is 5.75. The minimum absolute atomic E-state index is 0.348. The first-order chi connectivity index (χ1) is 14.8. The second-order valence-corrected chi connectivity index (χ2v) is 7.44. The molecule has 0 bridgehead atoms. The van der Waals surface area contributed by atoms with Crippen LogP contribution in [0.3, 0.4) is 0 Å². The molecule has 3 rings (SSSR count). The van der Waals surface area contributed by atoms with Crippen molar-refractivity contribution in [2.45, 2.75) is 26.4 Å². The molecule has 1 aliphatic heterocycles. The quantitative estimate of drug-likeness (QED) is 0.377. The van der Waals surface area contributed by atoms with Crippen LogP contribution in [0.25, 0.3) is 0 Å². The topological polar surface area (TPSA) is 60.3 Å². The molecule has 2 N–H and O–H groups in total. The zero-order valence-electron chi connectivity index (χ0n) is 18.0. The zero-order valence-corrected chi connectivity index (χ0v) is 18.0. The summed E-state index contributed by atoms with van der Waals surface area (Å²) in [5.41, 5.74) is 2.13. The Balaban J connectivity index is 1.38. The van der Waals surface area contributed by atoms with Crippen LogP contribution in [0.5, 0.6) is 5.75 Å². The molecular weight excluding hydrogens is 376 g/mol. The van der Waals surface area contributed by atoms with Crippen LogP contribution in [0.2, 0.25) is 0 Å². The maximum Gasteiger partial charge on any atom is 0.194 e. The Morgan fingerprint density at radius 1 is 1.00 bits per heavy atom. The Morgan fingerprint density at radius 3 is 2.47 bits per heavy atom. The number of nitrogens with zero attached hydrogens (tertiary/aromatic N) is 3. The smallest absolute Gasteiger partial charge is 0.194 e. The first kappa shape index (κ1) is 22.0. The lowest BCUT2D eigenvalue weighted by Gasteiger charge is -2.37. The third kappa shape index (κ3) is 6.66. The number of phenolic OH excluding ortho intramolecular Hbond substituents is 1. The Bertz CT molecular complexity index is 774. The molecule has 6 heteroatoms. The average molecular weight is 411 g/mol. The van der Waals surface area contributed by atoms with E-state index in [2.05, 4.69) is 34.2 Å². The van der Waals surface area contributed by atoms with Crippen LogP contribution in [0.1, 0.15) is 25.3 Å². The Hall–Kier alpha value is -2.73. The molecular formula is C24H34N4O2. The predicted octanol–water partition coefficient (Wildman–Crippen LogP) is 3.48. The summed E-state index contributed by atoms with van der Waals surface area (Å²) in [6.07, 6.45) is 2.03. The van der Waals surface area contributed by atoms with Gasteiger partial charge in [-0.25, -0.2) is 0 Å². The number of phenols is 1. The number of piperazine rings is 1. The van der Waals surface area contributed by atoms with Crippen LogP contribution < -0.4 is 10.2 Å². The minimum Gasteiger partial charge on any atom is -0.506 e. The second-order valence-electron chi connectivity index (χ2n) is 7.44. The number of aromatic hydroxyl groups is 1. The number of guanidine groups is 1. The van der Waals surface area contributed by atoms with E-state index in [-0.39, 0.29) is 0 Å². The molecule has 0 amide bonds. The van der Waals surface area contributed by atoms with Crippen LogP contribution >= 0.6 is 0 Å². The van der Waals surface area contributed by atoms with Crippen molar-refractivity contribution >= 4 is 11.6 Å². The molecule has 1 aliphatic rings. The van der Waals surface area contributed by atoms with Crippen LogP contribution in [-0.4, -0.2) is 61.8 Å². The fourth-order valence-corrected chi connectivity index (χ4v) is 3.58. The standard InChI is InChI=1S/C24H34N4O2/c1-2-25-24(26-14-8-9-19-30-20-21-10-4-3-5-11-21)28-17-15-27(16-18-28)22-12-6-7-13-23(22)29/h3-7,10-13,29H,2,8-9,14-20H2,1H3,(H,25,26). The van der Waals surface area contributed by atoms with Gasteiger partial charge in [0, 0.05) is 45.9 Å². The van der Waals surface area contributed by atoms with Crippen molar-refractivity contribution in [2.75, 3.05) is 50.8 Å². The number of benzene rings is 2. The van der Waals surface area contributed by atoms with E-state index in [9.17, 15) is 5.11 Å². The van der Waals surface area contributed by atoms with Crippen LogP contribution in [0, 0.1) is 0 Å². The van der Waals surface area contributed by atoms with Gasteiger partial charge in [-0.15, -0.1) is 0 Å². The molecule has 1 heterocycles. The van der Waals surface area contributed by atoms with Gasteiger partial charge in [-0.2, -0.15) is 0 Å². The molecule has 0 radical (unpaired) electrons. The van der Waals surface area contributed by atoms with Crippen LogP contribution in [0.4, 0.5) is 5.69 Å². The van der Waals surface area contributed by atoms with E-state index in [0.717, 1.165) is 70.4 Å². The highest BCUT2D eigenvalue weighted by Gasteiger charge is 2.21. The second kappa shape index (κ2) is 12.1. The van der Waals surface area contributed by atoms with Gasteiger partial charge in [0.15, 0.2) is 5.96 Å². The number of para-hydroxylation sites is 2. The molecule has 1 fully saturated rings. The number of nitrogens with one attached hydrogen (secondary N) is 1. The molecule has 162 valence electrons. The summed E-state index contributed by atoms with van der Waals surface area (Å²) in [5, 5.41) is 13.5. The molecule has 0 aliphatic carbocycles. The molecule has 0 aromatic heterocycles. The normalized spacial score (nSPS) is 14.8. The highest BCUT2D eigenvalue weighted by molar-refractivity contribution is 5.80. The molecule has 0 spiro atoms. The Labute approximate surface area is 180 Å². The monoisotopic (exact) mass is 410 g/mol. The first-order valence-electron chi connectivity index (χ1n) is 11.0. The van der Waals surface area contributed by atoms with E-state index >= 15 is 0 Å². The van der Waals surface area contributed by atoms with Crippen LogP contribution in [0.15, 0.2) is 59.6 Å². The van der Waals surface area contributed by atoms with Gasteiger partial charge >= 0.3 is 0 Å². The molecule has 2 aromatic rings. The van der Waals surface area contributed by atoms with E-state index in [4.69, 9.17) is 9.73 Å². The fraction of sp³-hybridized carbons (Fsp3) is 0.458. The predicted molar refractivity (Wildman–Crippen MR) is 123 cm³/mol. The molecule has 30 heavy (non-hydrogen) atoms. The molecule has 2 aromatic carbocycles. The third-order valence-corrected chi connectivity index (χ3v) is 5.21. The Kier molecular flexibility index (Phi) is 8.84. The van der Waals surface area contributed by atoms with Crippen molar-refractivity contribution in [2.24, 2.45) is 4.99 Å². The number of hydrogen-bond donors (Lipinski definition) is 2. The van der Waals surface area contributed by atoms with E-state index in [1.807, 2.05) is 36.4 Å². The number of hydrogen-bond acceptors (Lipinski definition) is 4. The number of ether oxygens (including phenoxy) is 1. The van der Waals surface area contributed by atoms with Crippen molar-refractivity contribution in [3.63, 3.8) is 0 Å². The fourth-order valence-electron chi connectivity index (χ4n) is 3.58. The molecule has 1 saturated heterocycles. The lowest BCUT2D eigenvalue weighted by Crippen LogP contribution is -2.52. The summed E-state index contributed by atoms with van der Waals surface area (Å²) in [4.78, 5) is 9.36. The maximum absolute atomic E-state index is 10.1. The van der Waals surface area contributed by atoms with Gasteiger partial charge in [0.1, 0.15) is 5.75 Å². The number of aliphatic imine (C=N–C) groups is 1. The molecule has 0 atom stereocenters. The number of rotatable bonds is 9. The van der Waals surface area contributed by atoms with E-state index < -0.39 is 0 Å². The van der Waals surface area contributed by atoms with Gasteiger partial charge in [-0.05, 0) is 37.5 Å². The van der Waals surface area contributed by atoms with E-state index in [1.165, 1.54) is 5.56 Å². The highest BCUT2D eigenvalue weighted by atomic mass is 16.5. The van der Waals surface area contributed by atoms with E-state index in [1.54, 1.807) is 6.07 Å². The Morgan fingerprint density at radius 2 is 1.73 bits per heavy atom. The van der Waals surface area contributed by atoms with Crippen molar-refractivity contribution in [3.05, 3.63) is 60.2 Å². The van der Waals surface area contributed by atoms with Crippen molar-refractivity contribution < 1.29 is 9.84 Å².